The minimum absolute atomic E-state index is 0.150. The molecule has 14 heavy (non-hydrogen) atoms. The summed E-state index contributed by atoms with van der Waals surface area (Å²) in [6.07, 6.45) is 3.40. The van der Waals surface area contributed by atoms with Crippen LogP contribution in [0.3, 0.4) is 0 Å². The number of benzene rings is 1. The fourth-order valence-corrected chi connectivity index (χ4v) is 2.97. The zero-order valence-electron chi connectivity index (χ0n) is 8.16. The van der Waals surface area contributed by atoms with Gasteiger partial charge in [0, 0.05) is 11.5 Å². The molecule has 0 saturated heterocycles. The zero-order valence-corrected chi connectivity index (χ0v) is 8.16. The van der Waals surface area contributed by atoms with Gasteiger partial charge in [-0.05, 0) is 36.0 Å². The predicted molar refractivity (Wildman–Crippen MR) is 55.0 cm³/mol. The molecule has 2 aliphatic carbocycles. The molecule has 0 bridgehead atoms. The summed E-state index contributed by atoms with van der Waals surface area (Å²) in [7, 11) is 0. The number of fused-ring (bicyclic) bond motifs is 2. The van der Waals surface area contributed by atoms with Crippen molar-refractivity contribution in [2.24, 2.45) is 5.73 Å². The van der Waals surface area contributed by atoms with Crippen molar-refractivity contribution in [2.45, 2.75) is 37.3 Å². The van der Waals surface area contributed by atoms with Crippen LogP contribution in [-0.4, -0.2) is 11.1 Å². The summed E-state index contributed by atoms with van der Waals surface area (Å²) in [4.78, 5) is 0. The van der Waals surface area contributed by atoms with Crippen LogP contribution in [0.1, 0.15) is 29.5 Å². The lowest BCUT2D eigenvalue weighted by Gasteiger charge is -2.16. The van der Waals surface area contributed by atoms with E-state index < -0.39 is 0 Å². The highest BCUT2D eigenvalue weighted by atomic mass is 16.3. The second kappa shape index (κ2) is 2.59. The Morgan fingerprint density at radius 1 is 1.43 bits per heavy atom. The maximum absolute atomic E-state index is 9.31. The van der Waals surface area contributed by atoms with Crippen LogP contribution >= 0.6 is 0 Å². The Labute approximate surface area is 83.7 Å². The van der Waals surface area contributed by atoms with Gasteiger partial charge in [-0.2, -0.15) is 0 Å². The molecule has 2 heteroatoms. The first kappa shape index (κ1) is 8.45. The van der Waals surface area contributed by atoms with Gasteiger partial charge in [-0.3, -0.25) is 0 Å². The SMILES string of the molecule is NC1Cc2cccc(CO)c2C12CC2. The fraction of sp³-hybridized carbons (Fsp3) is 0.500. The van der Waals surface area contributed by atoms with Gasteiger partial charge >= 0.3 is 0 Å². The summed E-state index contributed by atoms with van der Waals surface area (Å²) in [5.74, 6) is 0. The summed E-state index contributed by atoms with van der Waals surface area (Å²) >= 11 is 0. The van der Waals surface area contributed by atoms with Gasteiger partial charge in [0.25, 0.3) is 0 Å². The van der Waals surface area contributed by atoms with E-state index in [2.05, 4.69) is 6.07 Å². The Morgan fingerprint density at radius 2 is 2.21 bits per heavy atom. The molecule has 1 fully saturated rings. The van der Waals surface area contributed by atoms with Gasteiger partial charge in [-0.25, -0.2) is 0 Å². The summed E-state index contributed by atoms with van der Waals surface area (Å²) in [6.45, 7) is 0.150. The largest absolute Gasteiger partial charge is 0.392 e. The Hall–Kier alpha value is -0.860. The first-order valence-corrected chi connectivity index (χ1v) is 5.25. The van der Waals surface area contributed by atoms with Crippen molar-refractivity contribution in [1.29, 1.82) is 0 Å². The summed E-state index contributed by atoms with van der Waals surface area (Å²) in [5, 5.41) is 9.31. The monoisotopic (exact) mass is 189 g/mol. The smallest absolute Gasteiger partial charge is 0.0684 e. The van der Waals surface area contributed by atoms with E-state index in [4.69, 9.17) is 5.73 Å². The first-order valence-electron chi connectivity index (χ1n) is 5.25. The van der Waals surface area contributed by atoms with Crippen LogP contribution in [0.4, 0.5) is 0 Å². The van der Waals surface area contributed by atoms with Crippen LogP contribution in [0, 0.1) is 0 Å². The molecule has 1 aromatic rings. The third-order valence-corrected chi connectivity index (χ3v) is 3.84. The second-order valence-corrected chi connectivity index (χ2v) is 4.58. The van der Waals surface area contributed by atoms with Crippen molar-refractivity contribution in [1.82, 2.24) is 0 Å². The molecule has 0 aromatic heterocycles. The molecule has 0 radical (unpaired) electrons. The van der Waals surface area contributed by atoms with E-state index >= 15 is 0 Å². The van der Waals surface area contributed by atoms with E-state index in [1.54, 1.807) is 0 Å². The molecule has 0 heterocycles. The molecule has 1 spiro atoms. The van der Waals surface area contributed by atoms with Crippen LogP contribution in [0.2, 0.25) is 0 Å². The van der Waals surface area contributed by atoms with E-state index in [9.17, 15) is 5.11 Å². The molecule has 0 amide bonds. The van der Waals surface area contributed by atoms with Gasteiger partial charge < -0.3 is 10.8 Å². The van der Waals surface area contributed by atoms with E-state index in [1.807, 2.05) is 12.1 Å². The number of hydrogen-bond acceptors (Lipinski definition) is 2. The van der Waals surface area contributed by atoms with Crippen LogP contribution in [0.5, 0.6) is 0 Å². The Balaban J connectivity index is 2.20. The van der Waals surface area contributed by atoms with E-state index in [0.717, 1.165) is 12.0 Å². The van der Waals surface area contributed by atoms with Gasteiger partial charge in [-0.1, -0.05) is 18.2 Å². The Bertz CT molecular complexity index is 382. The molecule has 2 aliphatic rings. The number of aliphatic hydroxyl groups excluding tert-OH is 1. The molecule has 3 N–H and O–H groups in total. The highest BCUT2D eigenvalue weighted by Gasteiger charge is 2.54. The molecule has 2 nitrogen and oxygen atoms in total. The predicted octanol–water partition coefficient (Wildman–Crippen LogP) is 1.09. The van der Waals surface area contributed by atoms with Gasteiger partial charge in [0.2, 0.25) is 0 Å². The lowest BCUT2D eigenvalue weighted by Crippen LogP contribution is -2.31. The van der Waals surface area contributed by atoms with Crippen molar-refractivity contribution < 1.29 is 5.11 Å². The Morgan fingerprint density at radius 3 is 2.86 bits per heavy atom. The summed E-state index contributed by atoms with van der Waals surface area (Å²) < 4.78 is 0. The van der Waals surface area contributed by atoms with E-state index in [0.29, 0.717) is 0 Å². The highest BCUT2D eigenvalue weighted by Crippen LogP contribution is 2.57. The standard InChI is InChI=1S/C12H15NO/c13-10-6-8-2-1-3-9(7-14)11(8)12(10)4-5-12/h1-3,10,14H,4-7,13H2. The van der Waals surface area contributed by atoms with Crippen molar-refractivity contribution in [3.63, 3.8) is 0 Å². The van der Waals surface area contributed by atoms with Crippen LogP contribution in [0.15, 0.2) is 18.2 Å². The third-order valence-electron chi connectivity index (χ3n) is 3.84. The van der Waals surface area contributed by atoms with E-state index in [-0.39, 0.29) is 18.1 Å². The average molecular weight is 189 g/mol. The fourth-order valence-electron chi connectivity index (χ4n) is 2.97. The summed E-state index contributed by atoms with van der Waals surface area (Å²) in [6, 6.07) is 6.49. The topological polar surface area (TPSA) is 46.2 Å². The maximum Gasteiger partial charge on any atom is 0.0684 e. The summed E-state index contributed by atoms with van der Waals surface area (Å²) in [5.41, 5.74) is 10.2. The minimum atomic E-state index is 0.150. The number of aliphatic hydroxyl groups is 1. The zero-order chi connectivity index (χ0) is 9.76. The maximum atomic E-state index is 9.31. The lowest BCUT2D eigenvalue weighted by atomic mass is 9.91. The van der Waals surface area contributed by atoms with Crippen molar-refractivity contribution in [3.8, 4) is 0 Å². The molecule has 1 aromatic carbocycles. The third kappa shape index (κ3) is 0.877. The average Bonchev–Trinajstić information content (AvgIpc) is 2.92. The van der Waals surface area contributed by atoms with Crippen molar-refractivity contribution >= 4 is 0 Å². The van der Waals surface area contributed by atoms with Crippen LogP contribution in [-0.2, 0) is 18.4 Å². The molecule has 1 unspecified atom stereocenters. The van der Waals surface area contributed by atoms with Crippen molar-refractivity contribution in [2.75, 3.05) is 0 Å². The normalized spacial score (nSPS) is 26.6. The van der Waals surface area contributed by atoms with Crippen LogP contribution in [0.25, 0.3) is 0 Å². The molecular weight excluding hydrogens is 174 g/mol. The minimum Gasteiger partial charge on any atom is -0.392 e. The van der Waals surface area contributed by atoms with Crippen molar-refractivity contribution in [3.05, 3.63) is 34.9 Å². The quantitative estimate of drug-likeness (QED) is 0.694. The number of rotatable bonds is 1. The lowest BCUT2D eigenvalue weighted by molar-refractivity contribution is 0.279. The van der Waals surface area contributed by atoms with E-state index in [1.165, 1.54) is 24.0 Å². The molecule has 1 atom stereocenters. The van der Waals surface area contributed by atoms with Gasteiger partial charge in [0.05, 0.1) is 6.61 Å². The number of nitrogens with two attached hydrogens (primary N) is 1. The molecule has 0 aliphatic heterocycles. The van der Waals surface area contributed by atoms with Gasteiger partial charge in [-0.15, -0.1) is 0 Å². The van der Waals surface area contributed by atoms with Crippen LogP contribution < -0.4 is 5.73 Å². The second-order valence-electron chi connectivity index (χ2n) is 4.58. The highest BCUT2D eigenvalue weighted by molar-refractivity contribution is 5.51. The first-order chi connectivity index (χ1) is 6.78. The van der Waals surface area contributed by atoms with Gasteiger partial charge in [0.1, 0.15) is 0 Å². The van der Waals surface area contributed by atoms with Gasteiger partial charge in [0.15, 0.2) is 0 Å². The Kier molecular flexibility index (Phi) is 1.56. The number of hydrogen-bond donors (Lipinski definition) is 2. The molecule has 74 valence electrons. The molecule has 1 saturated carbocycles. The molecular formula is C12H15NO. The molecule has 3 rings (SSSR count).